The van der Waals surface area contributed by atoms with Crippen molar-refractivity contribution in [1.29, 1.82) is 0 Å². The fourth-order valence-electron chi connectivity index (χ4n) is 2.17. The summed E-state index contributed by atoms with van der Waals surface area (Å²) in [6.07, 6.45) is 0.538. The van der Waals surface area contributed by atoms with Crippen LogP contribution in [0.15, 0.2) is 30.3 Å². The van der Waals surface area contributed by atoms with Crippen molar-refractivity contribution in [1.82, 2.24) is 0 Å². The lowest BCUT2D eigenvalue weighted by Gasteiger charge is -2.14. The van der Waals surface area contributed by atoms with Crippen molar-refractivity contribution in [2.45, 2.75) is 18.8 Å². The molecule has 3 nitrogen and oxygen atoms in total. The van der Waals surface area contributed by atoms with E-state index in [9.17, 15) is 9.59 Å². The number of rotatable bonds is 2. The molecule has 2 atom stereocenters. The molecule has 1 N–H and O–H groups in total. The lowest BCUT2D eigenvalue weighted by molar-refractivity contribution is -0.142. The zero-order valence-corrected chi connectivity index (χ0v) is 8.22. The number of carbonyl (C=O) groups is 2. The summed E-state index contributed by atoms with van der Waals surface area (Å²) in [5, 5.41) is 9.01. The van der Waals surface area contributed by atoms with Crippen LogP contribution in [0.5, 0.6) is 0 Å². The predicted octanol–water partition coefficient (Wildman–Crippen LogP) is 1.83. The highest BCUT2D eigenvalue weighted by Gasteiger charge is 2.38. The summed E-state index contributed by atoms with van der Waals surface area (Å²) in [6, 6.07) is 9.41. The largest absolute Gasteiger partial charge is 0.481 e. The van der Waals surface area contributed by atoms with Crippen LogP contribution in [0.3, 0.4) is 0 Å². The van der Waals surface area contributed by atoms with Gasteiger partial charge < -0.3 is 5.11 Å². The van der Waals surface area contributed by atoms with Crippen molar-refractivity contribution >= 4 is 11.8 Å². The number of Topliss-reactive ketones (excluding diaryl/α,β-unsaturated/α-hetero) is 1. The van der Waals surface area contributed by atoms with Crippen molar-refractivity contribution in [3.05, 3.63) is 35.9 Å². The van der Waals surface area contributed by atoms with Gasteiger partial charge in [0, 0.05) is 18.8 Å². The Morgan fingerprint density at radius 1 is 1.20 bits per heavy atom. The van der Waals surface area contributed by atoms with Gasteiger partial charge in [0.25, 0.3) is 0 Å². The molecule has 0 radical (unpaired) electrons. The highest BCUT2D eigenvalue weighted by atomic mass is 16.4. The van der Waals surface area contributed by atoms with E-state index in [1.165, 1.54) is 0 Å². The number of hydrogen-bond donors (Lipinski definition) is 1. The monoisotopic (exact) mass is 204 g/mol. The summed E-state index contributed by atoms with van der Waals surface area (Å²) in [4.78, 5) is 22.3. The fraction of sp³-hybridized carbons (Fsp3) is 0.333. The fourth-order valence-corrected chi connectivity index (χ4v) is 2.17. The lowest BCUT2D eigenvalue weighted by atomic mass is 9.89. The van der Waals surface area contributed by atoms with Crippen molar-refractivity contribution in [3.8, 4) is 0 Å². The minimum absolute atomic E-state index is 0.0521. The Balaban J connectivity index is 2.28. The van der Waals surface area contributed by atoms with Crippen LogP contribution in [0.25, 0.3) is 0 Å². The van der Waals surface area contributed by atoms with E-state index in [4.69, 9.17) is 5.11 Å². The van der Waals surface area contributed by atoms with E-state index < -0.39 is 11.9 Å². The van der Waals surface area contributed by atoms with Crippen LogP contribution in [-0.4, -0.2) is 16.9 Å². The number of carboxylic acid groups (broad SMARTS) is 1. The molecular formula is C12H12O3. The van der Waals surface area contributed by atoms with Gasteiger partial charge in [0.2, 0.25) is 0 Å². The Morgan fingerprint density at radius 3 is 2.47 bits per heavy atom. The Labute approximate surface area is 87.7 Å². The number of ketones is 1. The number of carboxylic acids is 1. The van der Waals surface area contributed by atoms with Crippen molar-refractivity contribution in [3.63, 3.8) is 0 Å². The summed E-state index contributed by atoms with van der Waals surface area (Å²) in [6.45, 7) is 0. The molecular weight excluding hydrogens is 192 g/mol. The quantitative estimate of drug-likeness (QED) is 0.799. The van der Waals surface area contributed by atoms with E-state index in [0.29, 0.717) is 6.42 Å². The smallest absolute Gasteiger partial charge is 0.307 e. The molecule has 0 aliphatic heterocycles. The molecule has 2 rings (SSSR count). The molecule has 0 bridgehead atoms. The van der Waals surface area contributed by atoms with Gasteiger partial charge in [-0.1, -0.05) is 30.3 Å². The molecule has 0 spiro atoms. The molecule has 78 valence electrons. The first-order chi connectivity index (χ1) is 7.18. The van der Waals surface area contributed by atoms with E-state index in [1.807, 2.05) is 30.3 Å². The molecule has 1 aromatic carbocycles. The van der Waals surface area contributed by atoms with Crippen LogP contribution in [0.1, 0.15) is 24.3 Å². The van der Waals surface area contributed by atoms with E-state index in [-0.39, 0.29) is 18.1 Å². The molecule has 15 heavy (non-hydrogen) atoms. The third-order valence-electron chi connectivity index (χ3n) is 2.93. The van der Waals surface area contributed by atoms with Crippen molar-refractivity contribution in [2.75, 3.05) is 0 Å². The predicted molar refractivity (Wildman–Crippen MR) is 54.5 cm³/mol. The van der Waals surface area contributed by atoms with Gasteiger partial charge in [-0.15, -0.1) is 0 Å². The summed E-state index contributed by atoms with van der Waals surface area (Å²) >= 11 is 0. The highest BCUT2D eigenvalue weighted by Crippen LogP contribution is 2.37. The summed E-state index contributed by atoms with van der Waals surface area (Å²) in [7, 11) is 0. The number of carbonyl (C=O) groups excluding carboxylic acids is 1. The second-order valence-corrected chi connectivity index (χ2v) is 3.91. The van der Waals surface area contributed by atoms with Gasteiger partial charge in [-0.05, 0) is 5.56 Å². The molecule has 0 aromatic heterocycles. The zero-order chi connectivity index (χ0) is 10.8. The molecule has 1 saturated carbocycles. The Hall–Kier alpha value is -1.64. The Kier molecular flexibility index (Phi) is 2.54. The summed E-state index contributed by atoms with van der Waals surface area (Å²) < 4.78 is 0. The number of aliphatic carboxylic acids is 1. The van der Waals surface area contributed by atoms with Gasteiger partial charge in [0.05, 0.1) is 5.92 Å². The maximum absolute atomic E-state index is 11.3. The van der Waals surface area contributed by atoms with E-state index in [2.05, 4.69) is 0 Å². The lowest BCUT2D eigenvalue weighted by Crippen LogP contribution is -2.16. The number of benzene rings is 1. The normalized spacial score (nSPS) is 25.5. The Bertz CT molecular complexity index is 383. The third-order valence-corrected chi connectivity index (χ3v) is 2.93. The highest BCUT2D eigenvalue weighted by molar-refractivity contribution is 5.89. The van der Waals surface area contributed by atoms with Crippen LogP contribution in [0, 0.1) is 5.92 Å². The summed E-state index contributed by atoms with van der Waals surface area (Å²) in [5.41, 5.74) is 0.954. The SMILES string of the molecule is O=C1C[C@@H](C(=O)O)[C@H](c2ccccc2)C1. The van der Waals surface area contributed by atoms with Crippen LogP contribution in [0.2, 0.25) is 0 Å². The minimum atomic E-state index is -0.866. The maximum Gasteiger partial charge on any atom is 0.307 e. The van der Waals surface area contributed by atoms with Gasteiger partial charge in [0.15, 0.2) is 0 Å². The zero-order valence-electron chi connectivity index (χ0n) is 8.22. The van der Waals surface area contributed by atoms with Gasteiger partial charge in [-0.3, -0.25) is 9.59 Å². The Morgan fingerprint density at radius 2 is 1.87 bits per heavy atom. The molecule has 1 aliphatic rings. The molecule has 1 fully saturated rings. The number of hydrogen-bond acceptors (Lipinski definition) is 2. The second kappa shape index (κ2) is 3.85. The van der Waals surface area contributed by atoms with Crippen LogP contribution >= 0.6 is 0 Å². The summed E-state index contributed by atoms with van der Waals surface area (Å²) in [5.74, 6) is -1.50. The van der Waals surface area contributed by atoms with Crippen molar-refractivity contribution < 1.29 is 14.7 Å². The van der Waals surface area contributed by atoms with Gasteiger partial charge >= 0.3 is 5.97 Å². The van der Waals surface area contributed by atoms with Gasteiger partial charge in [-0.2, -0.15) is 0 Å². The van der Waals surface area contributed by atoms with Crippen LogP contribution in [0.4, 0.5) is 0 Å². The first-order valence-electron chi connectivity index (χ1n) is 4.98. The average molecular weight is 204 g/mol. The molecule has 0 amide bonds. The van der Waals surface area contributed by atoms with Crippen LogP contribution < -0.4 is 0 Å². The van der Waals surface area contributed by atoms with E-state index >= 15 is 0 Å². The van der Waals surface area contributed by atoms with Gasteiger partial charge in [0.1, 0.15) is 5.78 Å². The molecule has 3 heteroatoms. The molecule has 1 aliphatic carbocycles. The first kappa shape index (κ1) is 9.90. The molecule has 0 unspecified atom stereocenters. The maximum atomic E-state index is 11.3. The minimum Gasteiger partial charge on any atom is -0.481 e. The third kappa shape index (κ3) is 1.91. The van der Waals surface area contributed by atoms with E-state index in [0.717, 1.165) is 5.56 Å². The molecule has 0 heterocycles. The topological polar surface area (TPSA) is 54.4 Å². The average Bonchev–Trinajstić information content (AvgIpc) is 2.62. The van der Waals surface area contributed by atoms with E-state index in [1.54, 1.807) is 0 Å². The van der Waals surface area contributed by atoms with Crippen molar-refractivity contribution in [2.24, 2.45) is 5.92 Å². The standard InChI is InChI=1S/C12H12O3/c13-9-6-10(11(7-9)12(14)15)8-4-2-1-3-5-8/h1-5,10-11H,6-7H2,(H,14,15)/t10-,11+/m0/s1. The molecule has 1 aromatic rings. The molecule has 0 saturated heterocycles. The second-order valence-electron chi connectivity index (χ2n) is 3.91. The van der Waals surface area contributed by atoms with Crippen LogP contribution in [-0.2, 0) is 9.59 Å². The first-order valence-corrected chi connectivity index (χ1v) is 4.98. The van der Waals surface area contributed by atoms with Gasteiger partial charge in [-0.25, -0.2) is 0 Å².